The molecule has 0 aliphatic rings. The lowest BCUT2D eigenvalue weighted by Gasteiger charge is -1.97. The van der Waals surface area contributed by atoms with Gasteiger partial charge in [0.1, 0.15) is 0 Å². The van der Waals surface area contributed by atoms with Gasteiger partial charge in [0, 0.05) is 0 Å². The fraction of sp³-hybridized carbons (Fsp3) is 0. The number of hydrogen-bond donors (Lipinski definition) is 4. The summed E-state index contributed by atoms with van der Waals surface area (Å²) >= 11 is -2.01. The second kappa shape index (κ2) is 5.24. The summed E-state index contributed by atoms with van der Waals surface area (Å²) < 4.78 is 19.4. The normalized spacial score (nSPS) is 13.2. The molecule has 8 heteroatoms. The monoisotopic (exact) mass is 241 g/mol. The Morgan fingerprint density at radius 2 is 1.75 bits per heavy atom. The van der Waals surface area contributed by atoms with Gasteiger partial charge >= 0.3 is 0 Å². The van der Waals surface area contributed by atoms with Crippen molar-refractivity contribution in [1.82, 2.24) is 0 Å². The highest BCUT2D eigenvalue weighted by Crippen LogP contribution is 2.14. The number of guanidine groups is 2. The van der Waals surface area contributed by atoms with E-state index in [9.17, 15) is 4.21 Å². The highest BCUT2D eigenvalue weighted by atomic mass is 32.2. The molecular weight excluding hydrogens is 230 g/mol. The van der Waals surface area contributed by atoms with Crippen LogP contribution in [0.5, 0.6) is 0 Å². The van der Waals surface area contributed by atoms with Crippen molar-refractivity contribution in [2.45, 2.75) is 4.90 Å². The summed E-state index contributed by atoms with van der Waals surface area (Å²) in [5, 5.41) is 0. The zero-order chi connectivity index (χ0) is 12.1. The molecule has 1 unspecified atom stereocenters. The average Bonchev–Trinajstić information content (AvgIpc) is 2.16. The van der Waals surface area contributed by atoms with Crippen LogP contribution in [0.4, 0.5) is 5.69 Å². The van der Waals surface area contributed by atoms with E-state index in [0.717, 1.165) is 0 Å². The standard InChI is InChI=1S/C8H11N5O2S/c9-7(10)13-8(11)12-5-1-3-6(4-2-5)16(14)15/h1-4H,(H,14,15)(H6,9,10,11,12,13). The maximum Gasteiger partial charge on any atom is 0.223 e. The Kier molecular flexibility index (Phi) is 3.97. The van der Waals surface area contributed by atoms with E-state index >= 15 is 0 Å². The molecule has 86 valence electrons. The van der Waals surface area contributed by atoms with Crippen LogP contribution in [0.15, 0.2) is 39.1 Å². The SMILES string of the molecule is NC(N)=NC(N)=Nc1ccc(S(=O)O)cc1. The second-order valence-corrected chi connectivity index (χ2v) is 3.72. The van der Waals surface area contributed by atoms with E-state index < -0.39 is 11.1 Å². The Hall–Kier alpha value is -1.93. The van der Waals surface area contributed by atoms with Crippen molar-refractivity contribution in [2.75, 3.05) is 0 Å². The molecule has 1 aromatic carbocycles. The van der Waals surface area contributed by atoms with E-state index in [1.807, 2.05) is 0 Å². The first kappa shape index (κ1) is 12.1. The van der Waals surface area contributed by atoms with E-state index in [4.69, 9.17) is 21.8 Å². The van der Waals surface area contributed by atoms with Crippen LogP contribution in [0.2, 0.25) is 0 Å². The van der Waals surface area contributed by atoms with Crippen LogP contribution in [-0.2, 0) is 11.1 Å². The fourth-order valence-corrected chi connectivity index (χ4v) is 1.30. The van der Waals surface area contributed by atoms with Gasteiger partial charge in [-0.3, -0.25) is 0 Å². The number of aliphatic imine (C=N–C) groups is 2. The van der Waals surface area contributed by atoms with E-state index in [-0.39, 0.29) is 16.8 Å². The second-order valence-electron chi connectivity index (χ2n) is 2.75. The third-order valence-electron chi connectivity index (χ3n) is 1.53. The van der Waals surface area contributed by atoms with Crippen LogP contribution in [0, 0.1) is 0 Å². The van der Waals surface area contributed by atoms with Crippen molar-refractivity contribution in [3.05, 3.63) is 24.3 Å². The van der Waals surface area contributed by atoms with Gasteiger partial charge in [-0.25, -0.2) is 9.20 Å². The molecule has 16 heavy (non-hydrogen) atoms. The van der Waals surface area contributed by atoms with Crippen LogP contribution in [0.25, 0.3) is 0 Å². The van der Waals surface area contributed by atoms with Gasteiger partial charge in [-0.1, -0.05) is 0 Å². The minimum Gasteiger partial charge on any atom is -0.370 e. The molecule has 0 saturated heterocycles. The molecule has 0 radical (unpaired) electrons. The van der Waals surface area contributed by atoms with E-state index in [1.165, 1.54) is 24.3 Å². The highest BCUT2D eigenvalue weighted by molar-refractivity contribution is 7.79. The topological polar surface area (TPSA) is 140 Å². The quantitative estimate of drug-likeness (QED) is 0.313. The molecule has 7 N–H and O–H groups in total. The predicted octanol–water partition coefficient (Wildman–Crippen LogP) is -0.513. The van der Waals surface area contributed by atoms with Gasteiger partial charge in [-0.15, -0.1) is 0 Å². The molecule has 0 amide bonds. The van der Waals surface area contributed by atoms with E-state index in [2.05, 4.69) is 9.98 Å². The Morgan fingerprint density at radius 1 is 1.19 bits per heavy atom. The summed E-state index contributed by atoms with van der Waals surface area (Å²) in [5.74, 6) is -0.271. The molecule has 1 atom stereocenters. The first-order chi connectivity index (χ1) is 7.49. The molecule has 0 aliphatic heterocycles. The molecule has 1 aromatic rings. The summed E-state index contributed by atoms with van der Waals surface area (Å²) in [6.07, 6.45) is 0. The number of hydrogen-bond acceptors (Lipinski definition) is 2. The Balaban J connectivity index is 2.91. The molecular formula is C8H11N5O2S. The van der Waals surface area contributed by atoms with Crippen LogP contribution in [0.3, 0.4) is 0 Å². The lowest BCUT2D eigenvalue weighted by Crippen LogP contribution is -2.26. The zero-order valence-electron chi connectivity index (χ0n) is 8.20. The first-order valence-corrected chi connectivity index (χ1v) is 5.24. The first-order valence-electron chi connectivity index (χ1n) is 4.14. The van der Waals surface area contributed by atoms with Crippen LogP contribution in [-0.4, -0.2) is 20.7 Å². The van der Waals surface area contributed by atoms with Gasteiger partial charge < -0.3 is 21.8 Å². The van der Waals surface area contributed by atoms with Gasteiger partial charge in [0.15, 0.2) is 17.0 Å². The number of benzene rings is 1. The van der Waals surface area contributed by atoms with Gasteiger partial charge in [-0.2, -0.15) is 4.99 Å². The van der Waals surface area contributed by atoms with Gasteiger partial charge in [0.05, 0.1) is 10.6 Å². The molecule has 7 nitrogen and oxygen atoms in total. The Labute approximate surface area is 94.3 Å². The summed E-state index contributed by atoms with van der Waals surface area (Å²) in [6, 6.07) is 5.96. The van der Waals surface area contributed by atoms with Crippen molar-refractivity contribution in [3.63, 3.8) is 0 Å². The molecule has 0 bridgehead atoms. The zero-order valence-corrected chi connectivity index (χ0v) is 9.02. The molecule has 0 aromatic heterocycles. The lowest BCUT2D eigenvalue weighted by atomic mass is 10.3. The molecule has 0 heterocycles. The van der Waals surface area contributed by atoms with Gasteiger partial charge in [0.25, 0.3) is 0 Å². The summed E-state index contributed by atoms with van der Waals surface area (Å²) in [5.41, 5.74) is 16.1. The maximum atomic E-state index is 10.7. The average molecular weight is 241 g/mol. The lowest BCUT2D eigenvalue weighted by molar-refractivity contribution is 0.564. The van der Waals surface area contributed by atoms with Crippen molar-refractivity contribution in [1.29, 1.82) is 0 Å². The number of nitrogens with two attached hydrogens (primary N) is 3. The summed E-state index contributed by atoms with van der Waals surface area (Å²) in [4.78, 5) is 7.66. The molecule has 0 fully saturated rings. The third kappa shape index (κ3) is 3.67. The highest BCUT2D eigenvalue weighted by Gasteiger charge is 1.99. The van der Waals surface area contributed by atoms with Crippen molar-refractivity contribution < 1.29 is 8.76 Å². The predicted molar refractivity (Wildman–Crippen MR) is 62.6 cm³/mol. The van der Waals surface area contributed by atoms with Crippen LogP contribution >= 0.6 is 0 Å². The van der Waals surface area contributed by atoms with Crippen molar-refractivity contribution in [2.24, 2.45) is 27.2 Å². The maximum absolute atomic E-state index is 10.7. The van der Waals surface area contributed by atoms with Crippen molar-refractivity contribution >= 4 is 28.7 Å². The molecule has 1 rings (SSSR count). The van der Waals surface area contributed by atoms with Gasteiger partial charge in [0.2, 0.25) is 5.96 Å². The molecule has 0 aliphatic carbocycles. The minimum absolute atomic E-state index is 0.0853. The largest absolute Gasteiger partial charge is 0.370 e. The van der Waals surface area contributed by atoms with Gasteiger partial charge in [-0.05, 0) is 24.3 Å². The Bertz CT molecular complexity index is 450. The minimum atomic E-state index is -2.01. The molecule has 0 spiro atoms. The Morgan fingerprint density at radius 3 is 2.19 bits per heavy atom. The van der Waals surface area contributed by atoms with Crippen molar-refractivity contribution in [3.8, 4) is 0 Å². The van der Waals surface area contributed by atoms with Crippen LogP contribution < -0.4 is 17.2 Å². The summed E-state index contributed by atoms with van der Waals surface area (Å²) in [6.45, 7) is 0. The number of nitrogens with zero attached hydrogens (tertiary/aromatic N) is 2. The van der Waals surface area contributed by atoms with E-state index in [1.54, 1.807) is 0 Å². The van der Waals surface area contributed by atoms with Crippen LogP contribution in [0.1, 0.15) is 0 Å². The summed E-state index contributed by atoms with van der Waals surface area (Å²) in [7, 11) is 0. The fourth-order valence-electron chi connectivity index (χ4n) is 0.927. The van der Waals surface area contributed by atoms with E-state index in [0.29, 0.717) is 5.69 Å². The smallest absolute Gasteiger partial charge is 0.223 e. The number of rotatable bonds is 2. The third-order valence-corrected chi connectivity index (χ3v) is 2.20. The molecule has 0 saturated carbocycles.